The van der Waals surface area contributed by atoms with Gasteiger partial charge in [0.15, 0.2) is 0 Å². The van der Waals surface area contributed by atoms with E-state index in [1.54, 1.807) is 23.1 Å². The second kappa shape index (κ2) is 8.50. The molecule has 102 valence electrons. The number of thiazole rings is 1. The van der Waals surface area contributed by atoms with Crippen LogP contribution in [0.25, 0.3) is 0 Å². The lowest BCUT2D eigenvalue weighted by molar-refractivity contribution is -0.121. The van der Waals surface area contributed by atoms with Crippen molar-refractivity contribution in [3.05, 3.63) is 16.1 Å². The number of carbonyl (C=O) groups excluding carboxylic acids is 1. The molecule has 0 aliphatic heterocycles. The first-order chi connectivity index (χ1) is 8.69. The van der Waals surface area contributed by atoms with Crippen LogP contribution in [0.3, 0.4) is 0 Å². The fraction of sp³-hybridized carbons (Fsp3) is 0.667. The van der Waals surface area contributed by atoms with Gasteiger partial charge in [0.05, 0.1) is 17.1 Å². The average molecular weight is 288 g/mol. The quantitative estimate of drug-likeness (QED) is 0.760. The number of hydrogen-bond acceptors (Lipinski definition) is 5. The summed E-state index contributed by atoms with van der Waals surface area (Å²) in [6.07, 6.45) is 3.83. The summed E-state index contributed by atoms with van der Waals surface area (Å²) < 4.78 is 0. The van der Waals surface area contributed by atoms with Crippen LogP contribution in [0.4, 0.5) is 0 Å². The van der Waals surface area contributed by atoms with Gasteiger partial charge in [0, 0.05) is 23.8 Å². The summed E-state index contributed by atoms with van der Waals surface area (Å²) in [5, 5.41) is 14.9. The Morgan fingerprint density at radius 3 is 3.00 bits per heavy atom. The number of aliphatic hydroxyl groups excluding tert-OH is 1. The van der Waals surface area contributed by atoms with E-state index in [0.717, 1.165) is 22.9 Å². The van der Waals surface area contributed by atoms with Gasteiger partial charge >= 0.3 is 0 Å². The average Bonchev–Trinajstić information content (AvgIpc) is 2.77. The number of rotatable bonds is 8. The van der Waals surface area contributed by atoms with Crippen LogP contribution in [-0.4, -0.2) is 40.7 Å². The Kier molecular flexibility index (Phi) is 7.31. The van der Waals surface area contributed by atoms with Gasteiger partial charge < -0.3 is 10.4 Å². The van der Waals surface area contributed by atoms with Crippen molar-refractivity contribution >= 4 is 29.0 Å². The van der Waals surface area contributed by atoms with Gasteiger partial charge in [0.1, 0.15) is 0 Å². The van der Waals surface area contributed by atoms with E-state index in [1.165, 1.54) is 0 Å². The van der Waals surface area contributed by atoms with Gasteiger partial charge in [0.2, 0.25) is 5.91 Å². The molecule has 18 heavy (non-hydrogen) atoms. The normalized spacial score (nSPS) is 12.4. The molecule has 6 heteroatoms. The molecule has 1 atom stereocenters. The molecule has 0 spiro atoms. The van der Waals surface area contributed by atoms with E-state index < -0.39 is 0 Å². The number of nitrogens with zero attached hydrogens (tertiary/aromatic N) is 1. The molecule has 0 aliphatic carbocycles. The van der Waals surface area contributed by atoms with Gasteiger partial charge in [-0.05, 0) is 19.1 Å². The standard InChI is InChI=1S/C12H20N2O2S2/c1-3-12-14-10(8-18-12)6-11(16)13-9(4-5-15)7-17-2/h8-9,15H,3-7H2,1-2H3,(H,13,16). The second-order valence-corrected chi connectivity index (χ2v) is 5.85. The molecule has 1 amide bonds. The Bertz CT molecular complexity index is 363. The van der Waals surface area contributed by atoms with Crippen molar-refractivity contribution in [2.45, 2.75) is 32.2 Å². The monoisotopic (exact) mass is 288 g/mol. The Labute approximate surface area is 116 Å². The molecule has 4 nitrogen and oxygen atoms in total. The van der Waals surface area contributed by atoms with Crippen molar-refractivity contribution in [3.8, 4) is 0 Å². The Hall–Kier alpha value is -0.590. The Morgan fingerprint density at radius 2 is 2.44 bits per heavy atom. The summed E-state index contributed by atoms with van der Waals surface area (Å²) in [7, 11) is 0. The number of amides is 1. The molecule has 2 N–H and O–H groups in total. The minimum Gasteiger partial charge on any atom is -0.396 e. The van der Waals surface area contributed by atoms with Crippen molar-refractivity contribution in [2.75, 3.05) is 18.6 Å². The van der Waals surface area contributed by atoms with E-state index in [9.17, 15) is 4.79 Å². The summed E-state index contributed by atoms with van der Waals surface area (Å²) in [6.45, 7) is 2.15. The topological polar surface area (TPSA) is 62.2 Å². The zero-order valence-corrected chi connectivity index (χ0v) is 12.4. The van der Waals surface area contributed by atoms with Gasteiger partial charge in [-0.15, -0.1) is 11.3 Å². The van der Waals surface area contributed by atoms with E-state index in [0.29, 0.717) is 12.8 Å². The molecular weight excluding hydrogens is 268 g/mol. The lowest BCUT2D eigenvalue weighted by Crippen LogP contribution is -2.38. The van der Waals surface area contributed by atoms with Crippen molar-refractivity contribution in [1.29, 1.82) is 0 Å². The van der Waals surface area contributed by atoms with Gasteiger partial charge in [-0.1, -0.05) is 6.92 Å². The molecule has 0 aromatic carbocycles. The minimum atomic E-state index is -0.0181. The van der Waals surface area contributed by atoms with E-state index >= 15 is 0 Å². The van der Waals surface area contributed by atoms with Crippen LogP contribution in [0.1, 0.15) is 24.0 Å². The van der Waals surface area contributed by atoms with Gasteiger partial charge in [0.25, 0.3) is 0 Å². The predicted molar refractivity (Wildman–Crippen MR) is 77.2 cm³/mol. The highest BCUT2D eigenvalue weighted by Gasteiger charge is 2.13. The number of thioether (sulfide) groups is 1. The molecule has 0 fully saturated rings. The number of carbonyl (C=O) groups is 1. The molecule has 0 aliphatic rings. The highest BCUT2D eigenvalue weighted by molar-refractivity contribution is 7.98. The molecule has 1 heterocycles. The number of aryl methyl sites for hydroxylation is 1. The van der Waals surface area contributed by atoms with Crippen LogP contribution in [0.5, 0.6) is 0 Å². The van der Waals surface area contributed by atoms with Gasteiger partial charge in [-0.25, -0.2) is 4.98 Å². The van der Waals surface area contributed by atoms with Crippen molar-refractivity contribution in [3.63, 3.8) is 0 Å². The van der Waals surface area contributed by atoms with Crippen LogP contribution >= 0.6 is 23.1 Å². The Balaban J connectivity index is 2.43. The second-order valence-electron chi connectivity index (χ2n) is 3.99. The van der Waals surface area contributed by atoms with Crippen molar-refractivity contribution < 1.29 is 9.90 Å². The molecule has 1 rings (SSSR count). The van der Waals surface area contributed by atoms with E-state index in [1.807, 2.05) is 11.6 Å². The van der Waals surface area contributed by atoms with Crippen LogP contribution in [0.15, 0.2) is 5.38 Å². The maximum Gasteiger partial charge on any atom is 0.226 e. The predicted octanol–water partition coefficient (Wildman–Crippen LogP) is 1.48. The van der Waals surface area contributed by atoms with E-state index in [-0.39, 0.29) is 18.6 Å². The molecule has 1 aromatic heterocycles. The fourth-order valence-electron chi connectivity index (χ4n) is 1.59. The lowest BCUT2D eigenvalue weighted by Gasteiger charge is -2.16. The maximum atomic E-state index is 11.8. The van der Waals surface area contributed by atoms with Crippen molar-refractivity contribution in [2.24, 2.45) is 0 Å². The van der Waals surface area contributed by atoms with Crippen LogP contribution in [0, 0.1) is 0 Å². The van der Waals surface area contributed by atoms with Crippen LogP contribution < -0.4 is 5.32 Å². The molecule has 1 aromatic rings. The molecule has 0 radical (unpaired) electrons. The van der Waals surface area contributed by atoms with E-state index in [2.05, 4.69) is 17.2 Å². The summed E-state index contributed by atoms with van der Waals surface area (Å²) in [5.74, 6) is 0.805. The lowest BCUT2D eigenvalue weighted by atomic mass is 10.2. The number of nitrogens with one attached hydrogen (secondary N) is 1. The first-order valence-electron chi connectivity index (χ1n) is 6.02. The molecule has 0 saturated carbocycles. The largest absolute Gasteiger partial charge is 0.396 e. The SMILES string of the molecule is CCc1nc(CC(=O)NC(CCO)CSC)cs1. The summed E-state index contributed by atoms with van der Waals surface area (Å²) in [6, 6.07) is 0.0433. The third-order valence-electron chi connectivity index (χ3n) is 2.45. The van der Waals surface area contributed by atoms with Gasteiger partial charge in [-0.3, -0.25) is 4.79 Å². The molecular formula is C12H20N2O2S2. The number of aromatic nitrogens is 1. The summed E-state index contributed by atoms with van der Waals surface area (Å²) in [5.41, 5.74) is 0.834. The van der Waals surface area contributed by atoms with E-state index in [4.69, 9.17) is 5.11 Å². The first kappa shape index (κ1) is 15.5. The van der Waals surface area contributed by atoms with Crippen LogP contribution in [-0.2, 0) is 17.6 Å². The summed E-state index contributed by atoms with van der Waals surface area (Å²) in [4.78, 5) is 16.2. The summed E-state index contributed by atoms with van der Waals surface area (Å²) >= 11 is 3.26. The minimum absolute atomic E-state index is 0.0181. The smallest absolute Gasteiger partial charge is 0.226 e. The molecule has 1 unspecified atom stereocenters. The highest BCUT2D eigenvalue weighted by Crippen LogP contribution is 2.11. The number of aliphatic hydroxyl groups is 1. The maximum absolute atomic E-state index is 11.8. The first-order valence-corrected chi connectivity index (χ1v) is 8.29. The molecule has 0 bridgehead atoms. The van der Waals surface area contributed by atoms with Crippen molar-refractivity contribution in [1.82, 2.24) is 10.3 Å². The molecule has 0 saturated heterocycles. The zero-order valence-electron chi connectivity index (χ0n) is 10.8. The fourth-order valence-corrected chi connectivity index (χ4v) is 2.99. The number of hydrogen-bond donors (Lipinski definition) is 2. The zero-order chi connectivity index (χ0) is 13.4. The van der Waals surface area contributed by atoms with Crippen LogP contribution in [0.2, 0.25) is 0 Å². The Morgan fingerprint density at radius 1 is 1.67 bits per heavy atom. The third kappa shape index (κ3) is 5.37. The highest BCUT2D eigenvalue weighted by atomic mass is 32.2. The van der Waals surface area contributed by atoms with Gasteiger partial charge in [-0.2, -0.15) is 11.8 Å². The third-order valence-corrected chi connectivity index (χ3v) is 4.23.